The van der Waals surface area contributed by atoms with E-state index in [1.54, 1.807) is 18.3 Å². The van der Waals surface area contributed by atoms with Crippen molar-refractivity contribution in [1.29, 1.82) is 0 Å². The predicted molar refractivity (Wildman–Crippen MR) is 102 cm³/mol. The first-order chi connectivity index (χ1) is 12.6. The highest BCUT2D eigenvalue weighted by Gasteiger charge is 2.23. The Kier molecular flexibility index (Phi) is 3.33. The average Bonchev–Trinajstić information content (AvgIpc) is 3.34. The van der Waals surface area contributed by atoms with Crippen LogP contribution >= 0.6 is 11.3 Å². The zero-order valence-corrected chi connectivity index (χ0v) is 14.8. The maximum Gasteiger partial charge on any atom is 0.276 e. The zero-order chi connectivity index (χ0) is 17.8. The average molecular weight is 366 g/mol. The van der Waals surface area contributed by atoms with Gasteiger partial charge in [0.1, 0.15) is 21.7 Å². The highest BCUT2D eigenvalue weighted by molar-refractivity contribution is 7.25. The van der Waals surface area contributed by atoms with Crippen molar-refractivity contribution in [3.8, 4) is 5.69 Å². The Labute approximate surface area is 152 Å². The number of nitrogens with one attached hydrogen (secondary N) is 1. The first-order valence-corrected chi connectivity index (χ1v) is 9.25. The van der Waals surface area contributed by atoms with E-state index in [9.17, 15) is 9.18 Å². The smallest absolute Gasteiger partial charge is 0.276 e. The molecule has 3 aromatic heterocycles. The number of rotatable bonds is 3. The number of pyridine rings is 1. The van der Waals surface area contributed by atoms with Gasteiger partial charge < -0.3 is 5.32 Å². The lowest BCUT2D eigenvalue weighted by Gasteiger charge is -2.08. The van der Waals surface area contributed by atoms with Gasteiger partial charge in [-0.3, -0.25) is 9.36 Å². The number of aryl methyl sites for hydroxylation is 1. The van der Waals surface area contributed by atoms with E-state index in [1.807, 2.05) is 13.0 Å². The van der Waals surface area contributed by atoms with Gasteiger partial charge in [-0.25, -0.2) is 14.4 Å². The second-order valence-electron chi connectivity index (χ2n) is 6.61. The summed E-state index contributed by atoms with van der Waals surface area (Å²) >= 11 is 1.30. The van der Waals surface area contributed by atoms with E-state index < -0.39 is 5.82 Å². The fourth-order valence-electron chi connectivity index (χ4n) is 3.10. The van der Waals surface area contributed by atoms with Gasteiger partial charge in [0.25, 0.3) is 5.56 Å². The molecule has 1 aromatic carbocycles. The summed E-state index contributed by atoms with van der Waals surface area (Å²) in [5.74, 6) is -0.441. The first kappa shape index (κ1) is 15.5. The van der Waals surface area contributed by atoms with Gasteiger partial charge in [-0.15, -0.1) is 11.3 Å². The van der Waals surface area contributed by atoms with Crippen LogP contribution in [0.15, 0.2) is 41.6 Å². The highest BCUT2D eigenvalue weighted by Crippen LogP contribution is 2.36. The lowest BCUT2D eigenvalue weighted by molar-refractivity contribution is 0.614. The molecule has 0 aliphatic heterocycles. The van der Waals surface area contributed by atoms with Crippen LogP contribution in [0.25, 0.3) is 26.1 Å². The summed E-state index contributed by atoms with van der Waals surface area (Å²) in [4.78, 5) is 22.6. The number of aromatic nitrogens is 3. The third-order valence-electron chi connectivity index (χ3n) is 4.58. The maximum absolute atomic E-state index is 14.3. The first-order valence-electron chi connectivity index (χ1n) is 8.44. The number of hydrogen-bond donors (Lipinski definition) is 1. The SMILES string of the molecule is Cc1ccc(-n2cnc3c(sc4nccc(NC5CC5)c43)c2=O)c(F)c1. The molecule has 1 aliphatic carbocycles. The maximum atomic E-state index is 14.3. The minimum Gasteiger partial charge on any atom is -0.382 e. The third-order valence-corrected chi connectivity index (χ3v) is 5.66. The van der Waals surface area contributed by atoms with Crippen LogP contribution in [0.1, 0.15) is 18.4 Å². The highest BCUT2D eigenvalue weighted by atomic mass is 32.1. The van der Waals surface area contributed by atoms with Crippen molar-refractivity contribution in [2.24, 2.45) is 0 Å². The Hall–Kier alpha value is -2.80. The Morgan fingerprint density at radius 3 is 2.88 bits per heavy atom. The van der Waals surface area contributed by atoms with E-state index in [1.165, 1.54) is 28.3 Å². The summed E-state index contributed by atoms with van der Waals surface area (Å²) in [5, 5.41) is 4.34. The molecule has 5 nitrogen and oxygen atoms in total. The molecule has 130 valence electrons. The molecular formula is C19H15FN4OS. The molecule has 5 rings (SSSR count). The van der Waals surface area contributed by atoms with E-state index in [0.29, 0.717) is 16.3 Å². The molecule has 1 saturated carbocycles. The Bertz CT molecular complexity index is 1230. The monoisotopic (exact) mass is 366 g/mol. The zero-order valence-electron chi connectivity index (χ0n) is 14.0. The van der Waals surface area contributed by atoms with E-state index >= 15 is 0 Å². The van der Waals surface area contributed by atoms with Crippen LogP contribution in [-0.2, 0) is 0 Å². The van der Waals surface area contributed by atoms with Gasteiger partial charge >= 0.3 is 0 Å². The second-order valence-corrected chi connectivity index (χ2v) is 7.61. The third kappa shape index (κ3) is 2.39. The molecule has 0 bridgehead atoms. The Morgan fingerprint density at radius 2 is 2.12 bits per heavy atom. The van der Waals surface area contributed by atoms with Crippen molar-refractivity contribution < 1.29 is 4.39 Å². The predicted octanol–water partition coefficient (Wildman–Crippen LogP) is 4.02. The molecule has 3 heterocycles. The molecule has 0 unspecified atom stereocenters. The van der Waals surface area contributed by atoms with Gasteiger partial charge in [-0.2, -0.15) is 0 Å². The van der Waals surface area contributed by atoms with Gasteiger partial charge in [-0.1, -0.05) is 6.07 Å². The lowest BCUT2D eigenvalue weighted by Crippen LogP contribution is -2.18. The number of fused-ring (bicyclic) bond motifs is 3. The van der Waals surface area contributed by atoms with Crippen LogP contribution in [0, 0.1) is 12.7 Å². The quantitative estimate of drug-likeness (QED) is 0.595. The van der Waals surface area contributed by atoms with Gasteiger partial charge in [0.15, 0.2) is 0 Å². The van der Waals surface area contributed by atoms with Crippen molar-refractivity contribution in [3.63, 3.8) is 0 Å². The summed E-state index contributed by atoms with van der Waals surface area (Å²) in [6.07, 6.45) is 5.44. The van der Waals surface area contributed by atoms with E-state index in [4.69, 9.17) is 0 Å². The summed E-state index contributed by atoms with van der Waals surface area (Å²) in [6.45, 7) is 1.81. The standard InChI is InChI=1S/C19H15FN4OS/c1-10-2-5-14(12(20)8-10)24-9-22-16-15-13(23-11-3-4-11)6-7-21-18(15)26-17(16)19(24)25/h2,5-9,11H,3-4H2,1H3,(H,21,23). The van der Waals surface area contributed by atoms with Crippen molar-refractivity contribution in [2.75, 3.05) is 5.32 Å². The molecule has 0 radical (unpaired) electrons. The molecule has 26 heavy (non-hydrogen) atoms. The van der Waals surface area contributed by atoms with Crippen molar-refractivity contribution in [3.05, 3.63) is 58.5 Å². The normalized spacial score (nSPS) is 14.2. The lowest BCUT2D eigenvalue weighted by atomic mass is 10.2. The number of anilines is 1. The summed E-state index contributed by atoms with van der Waals surface area (Å²) < 4.78 is 16.1. The van der Waals surface area contributed by atoms with Crippen LogP contribution in [0.3, 0.4) is 0 Å². The molecule has 4 aromatic rings. The topological polar surface area (TPSA) is 59.8 Å². The summed E-state index contributed by atoms with van der Waals surface area (Å²) in [5.41, 5.74) is 2.30. The minimum atomic E-state index is -0.441. The fourth-order valence-corrected chi connectivity index (χ4v) is 4.15. The number of benzene rings is 1. The Balaban J connectivity index is 1.76. The van der Waals surface area contributed by atoms with E-state index in [-0.39, 0.29) is 11.2 Å². The van der Waals surface area contributed by atoms with Crippen molar-refractivity contribution >= 4 is 37.5 Å². The second kappa shape index (κ2) is 5.60. The fraction of sp³-hybridized carbons (Fsp3) is 0.211. The molecule has 0 spiro atoms. The summed E-state index contributed by atoms with van der Waals surface area (Å²) in [7, 11) is 0. The van der Waals surface area contributed by atoms with Crippen molar-refractivity contribution in [2.45, 2.75) is 25.8 Å². The van der Waals surface area contributed by atoms with Crippen LogP contribution in [0.4, 0.5) is 10.1 Å². The molecule has 0 atom stereocenters. The summed E-state index contributed by atoms with van der Waals surface area (Å²) in [6, 6.07) is 7.19. The van der Waals surface area contributed by atoms with E-state index in [2.05, 4.69) is 15.3 Å². The van der Waals surface area contributed by atoms with Gasteiger partial charge in [0.05, 0.1) is 16.6 Å². The van der Waals surface area contributed by atoms with Crippen LogP contribution in [0.5, 0.6) is 0 Å². The molecule has 1 N–H and O–H groups in total. The number of thiophene rings is 1. The number of hydrogen-bond acceptors (Lipinski definition) is 5. The molecule has 0 amide bonds. The minimum absolute atomic E-state index is 0.205. The van der Waals surface area contributed by atoms with Crippen LogP contribution in [-0.4, -0.2) is 20.6 Å². The van der Waals surface area contributed by atoms with Gasteiger partial charge in [-0.05, 0) is 43.5 Å². The van der Waals surface area contributed by atoms with Gasteiger partial charge in [0.2, 0.25) is 0 Å². The number of nitrogens with zero attached hydrogens (tertiary/aromatic N) is 3. The number of halogens is 1. The van der Waals surface area contributed by atoms with Crippen molar-refractivity contribution in [1.82, 2.24) is 14.5 Å². The van der Waals surface area contributed by atoms with Crippen LogP contribution in [0.2, 0.25) is 0 Å². The molecule has 0 saturated heterocycles. The molecule has 1 fully saturated rings. The van der Waals surface area contributed by atoms with Gasteiger partial charge in [0, 0.05) is 17.9 Å². The largest absolute Gasteiger partial charge is 0.382 e. The van der Waals surface area contributed by atoms with E-state index in [0.717, 1.165) is 34.3 Å². The Morgan fingerprint density at radius 1 is 1.27 bits per heavy atom. The molecule has 7 heteroatoms. The van der Waals surface area contributed by atoms with Crippen LogP contribution < -0.4 is 10.9 Å². The molecule has 1 aliphatic rings. The molecular weight excluding hydrogens is 351 g/mol.